The van der Waals surface area contributed by atoms with Crippen molar-refractivity contribution < 1.29 is 14.3 Å². The standard InChI is InChI=1S/C24H29N5O3S/c1-24(2,3)32-23(31)29-13-10-17(11-14-29)21(30)27-22-26-18(16-8-6-5-7-9-16)19(33-22)20-25-12-15-28(20)4/h5-9,12,15,17H,10-11,13-14H2,1-4H3,(H,26,27,30). The number of imidazole rings is 1. The molecule has 0 bridgehead atoms. The number of hydrogen-bond acceptors (Lipinski definition) is 6. The molecule has 0 saturated carbocycles. The van der Waals surface area contributed by atoms with E-state index in [9.17, 15) is 9.59 Å². The van der Waals surface area contributed by atoms with E-state index in [-0.39, 0.29) is 17.9 Å². The van der Waals surface area contributed by atoms with Gasteiger partial charge in [0.2, 0.25) is 5.91 Å². The Morgan fingerprint density at radius 1 is 1.15 bits per heavy atom. The van der Waals surface area contributed by atoms with Gasteiger partial charge in [-0.2, -0.15) is 0 Å². The molecule has 1 aliphatic rings. The van der Waals surface area contributed by atoms with Crippen molar-refractivity contribution in [2.75, 3.05) is 18.4 Å². The normalized spacial score (nSPS) is 14.8. The molecule has 0 unspecified atom stereocenters. The molecule has 3 heterocycles. The maximum absolute atomic E-state index is 13.0. The van der Waals surface area contributed by atoms with Gasteiger partial charge in [-0.25, -0.2) is 14.8 Å². The molecule has 0 spiro atoms. The SMILES string of the molecule is Cn1ccnc1-c1sc(NC(=O)C2CCN(C(=O)OC(C)(C)C)CC2)nc1-c1ccccc1. The predicted octanol–water partition coefficient (Wildman–Crippen LogP) is 4.80. The van der Waals surface area contributed by atoms with E-state index in [0.29, 0.717) is 31.1 Å². The van der Waals surface area contributed by atoms with Gasteiger partial charge in [0.1, 0.15) is 5.60 Å². The van der Waals surface area contributed by atoms with Gasteiger partial charge in [-0.15, -0.1) is 0 Å². The zero-order valence-corrected chi connectivity index (χ0v) is 20.2. The van der Waals surface area contributed by atoms with E-state index in [2.05, 4.69) is 10.3 Å². The van der Waals surface area contributed by atoms with E-state index in [0.717, 1.165) is 22.0 Å². The van der Waals surface area contributed by atoms with E-state index in [1.54, 1.807) is 11.1 Å². The lowest BCUT2D eigenvalue weighted by Gasteiger charge is -2.32. The summed E-state index contributed by atoms with van der Waals surface area (Å²) in [5, 5.41) is 3.55. The molecule has 1 aliphatic heterocycles. The van der Waals surface area contributed by atoms with Crippen molar-refractivity contribution in [3.63, 3.8) is 0 Å². The molecule has 3 aromatic rings. The lowest BCUT2D eigenvalue weighted by atomic mass is 9.96. The quantitative estimate of drug-likeness (QED) is 0.596. The summed E-state index contributed by atoms with van der Waals surface area (Å²) in [7, 11) is 1.94. The number of thiazole rings is 1. The first-order valence-corrected chi connectivity index (χ1v) is 11.9. The largest absolute Gasteiger partial charge is 0.444 e. The minimum Gasteiger partial charge on any atom is -0.444 e. The van der Waals surface area contributed by atoms with Crippen LogP contribution in [-0.2, 0) is 16.6 Å². The minimum atomic E-state index is -0.530. The van der Waals surface area contributed by atoms with Gasteiger partial charge in [0.15, 0.2) is 11.0 Å². The first kappa shape index (κ1) is 23.0. The number of anilines is 1. The number of aryl methyl sites for hydroxylation is 1. The number of amides is 2. The van der Waals surface area contributed by atoms with Crippen LogP contribution in [0.1, 0.15) is 33.6 Å². The summed E-state index contributed by atoms with van der Waals surface area (Å²) < 4.78 is 7.38. The third kappa shape index (κ3) is 5.42. The summed E-state index contributed by atoms with van der Waals surface area (Å²) in [5.41, 5.74) is 1.24. The lowest BCUT2D eigenvalue weighted by molar-refractivity contribution is -0.121. The van der Waals surface area contributed by atoms with Gasteiger partial charge in [0.25, 0.3) is 0 Å². The van der Waals surface area contributed by atoms with Crippen LogP contribution in [0.15, 0.2) is 42.7 Å². The second kappa shape index (κ2) is 9.35. The first-order chi connectivity index (χ1) is 15.7. The van der Waals surface area contributed by atoms with Crippen LogP contribution in [0.25, 0.3) is 22.0 Å². The number of carbonyl (C=O) groups excluding carboxylic acids is 2. The number of ether oxygens (including phenoxy) is 1. The Morgan fingerprint density at radius 2 is 1.85 bits per heavy atom. The Labute approximate surface area is 197 Å². The highest BCUT2D eigenvalue weighted by Gasteiger charge is 2.30. The molecule has 1 saturated heterocycles. The van der Waals surface area contributed by atoms with E-state index in [1.807, 2.05) is 68.9 Å². The second-order valence-corrected chi connectivity index (χ2v) is 10.2. The second-order valence-electron chi connectivity index (χ2n) is 9.16. The highest BCUT2D eigenvalue weighted by atomic mass is 32.1. The minimum absolute atomic E-state index is 0.0707. The molecule has 33 heavy (non-hydrogen) atoms. The number of piperidine rings is 1. The van der Waals surface area contributed by atoms with Crippen LogP contribution < -0.4 is 5.32 Å². The van der Waals surface area contributed by atoms with Crippen LogP contribution in [0.2, 0.25) is 0 Å². The third-order valence-corrected chi connectivity index (χ3v) is 6.41. The van der Waals surface area contributed by atoms with Crippen LogP contribution >= 0.6 is 11.3 Å². The van der Waals surface area contributed by atoms with Crippen LogP contribution in [-0.4, -0.2) is 50.1 Å². The predicted molar refractivity (Wildman–Crippen MR) is 129 cm³/mol. The first-order valence-electron chi connectivity index (χ1n) is 11.0. The van der Waals surface area contributed by atoms with Crippen molar-refractivity contribution >= 4 is 28.5 Å². The molecule has 1 fully saturated rings. The van der Waals surface area contributed by atoms with Crippen molar-refractivity contribution in [3.8, 4) is 22.0 Å². The lowest BCUT2D eigenvalue weighted by Crippen LogP contribution is -2.43. The zero-order valence-electron chi connectivity index (χ0n) is 19.4. The molecule has 2 aromatic heterocycles. The summed E-state index contributed by atoms with van der Waals surface area (Å²) in [6.45, 7) is 6.55. The van der Waals surface area contributed by atoms with Gasteiger partial charge in [-0.05, 0) is 33.6 Å². The Balaban J connectivity index is 1.46. The van der Waals surface area contributed by atoms with Crippen molar-refractivity contribution in [1.82, 2.24) is 19.4 Å². The van der Waals surface area contributed by atoms with E-state index >= 15 is 0 Å². The summed E-state index contributed by atoms with van der Waals surface area (Å²) in [4.78, 5) is 37.1. The molecule has 0 aliphatic carbocycles. The monoisotopic (exact) mass is 467 g/mol. The number of likely N-dealkylation sites (tertiary alicyclic amines) is 1. The number of benzene rings is 1. The Kier molecular flexibility index (Phi) is 6.51. The molecule has 0 atom stereocenters. The number of nitrogens with zero attached hydrogens (tertiary/aromatic N) is 4. The summed E-state index contributed by atoms with van der Waals surface area (Å²) in [6, 6.07) is 9.89. The van der Waals surface area contributed by atoms with E-state index in [1.165, 1.54) is 11.3 Å². The van der Waals surface area contributed by atoms with Gasteiger partial charge in [0.05, 0.1) is 10.6 Å². The fourth-order valence-electron chi connectivity index (χ4n) is 3.76. The van der Waals surface area contributed by atoms with Gasteiger partial charge in [0, 0.05) is 44.0 Å². The molecule has 9 heteroatoms. The molecule has 8 nitrogen and oxygen atoms in total. The summed E-state index contributed by atoms with van der Waals surface area (Å²) >= 11 is 1.42. The van der Waals surface area contributed by atoms with Crippen LogP contribution in [0.3, 0.4) is 0 Å². The smallest absolute Gasteiger partial charge is 0.410 e. The average Bonchev–Trinajstić information content (AvgIpc) is 3.39. The summed E-state index contributed by atoms with van der Waals surface area (Å²) in [6.07, 6.45) is 4.50. The van der Waals surface area contributed by atoms with Gasteiger partial charge < -0.3 is 19.5 Å². The van der Waals surface area contributed by atoms with Crippen LogP contribution in [0.5, 0.6) is 0 Å². The third-order valence-electron chi connectivity index (χ3n) is 5.45. The molecule has 2 amide bonds. The Bertz CT molecular complexity index is 1120. The van der Waals surface area contributed by atoms with Crippen LogP contribution in [0, 0.1) is 5.92 Å². The van der Waals surface area contributed by atoms with E-state index in [4.69, 9.17) is 9.72 Å². The molecule has 4 rings (SSSR count). The fourth-order valence-corrected chi connectivity index (χ4v) is 4.79. The highest BCUT2D eigenvalue weighted by molar-refractivity contribution is 7.19. The summed E-state index contributed by atoms with van der Waals surface area (Å²) in [5.74, 6) is 0.556. The van der Waals surface area contributed by atoms with Crippen molar-refractivity contribution in [2.45, 2.75) is 39.2 Å². The maximum Gasteiger partial charge on any atom is 0.410 e. The molecule has 1 aromatic carbocycles. The number of aromatic nitrogens is 3. The van der Waals surface area contributed by atoms with Crippen molar-refractivity contribution in [2.24, 2.45) is 13.0 Å². The molecule has 0 radical (unpaired) electrons. The molecular weight excluding hydrogens is 438 g/mol. The Morgan fingerprint density at radius 3 is 2.45 bits per heavy atom. The molecule has 1 N–H and O–H groups in total. The number of carbonyl (C=O) groups is 2. The van der Waals surface area contributed by atoms with Crippen molar-refractivity contribution in [3.05, 3.63) is 42.7 Å². The molecule has 174 valence electrons. The van der Waals surface area contributed by atoms with Crippen molar-refractivity contribution in [1.29, 1.82) is 0 Å². The fraction of sp³-hybridized carbons (Fsp3) is 0.417. The number of nitrogens with one attached hydrogen (secondary N) is 1. The van der Waals surface area contributed by atoms with E-state index < -0.39 is 5.60 Å². The van der Waals surface area contributed by atoms with Gasteiger partial charge in [-0.3, -0.25) is 4.79 Å². The number of rotatable bonds is 4. The zero-order chi connectivity index (χ0) is 23.6. The number of hydrogen-bond donors (Lipinski definition) is 1. The van der Waals surface area contributed by atoms with Gasteiger partial charge >= 0.3 is 6.09 Å². The maximum atomic E-state index is 13.0. The van der Waals surface area contributed by atoms with Gasteiger partial charge in [-0.1, -0.05) is 41.7 Å². The topological polar surface area (TPSA) is 89.4 Å². The Hall–Kier alpha value is -3.20. The van der Waals surface area contributed by atoms with Crippen LogP contribution in [0.4, 0.5) is 9.93 Å². The molecular formula is C24H29N5O3S. The highest BCUT2D eigenvalue weighted by Crippen LogP contribution is 2.38. The average molecular weight is 468 g/mol.